The first-order valence-electron chi connectivity index (χ1n) is 12.7. The van der Waals surface area contributed by atoms with Crippen LogP contribution in [0.5, 0.6) is 5.75 Å². The number of hydrogen-bond donors (Lipinski definition) is 3. The Morgan fingerprint density at radius 1 is 1.08 bits per heavy atom. The average molecular weight is 548 g/mol. The average Bonchev–Trinajstić information content (AvgIpc) is 3.32. The minimum atomic E-state index is -4.17. The SMILES string of the molecule is CC(Oc1ccc(C(C)(C)CC(C)(C)C)cc1S(=O)(=O)NC(C)c1nnc2cc(C(C)(C)C)[nH]n12)C(=O)O. The number of ether oxygens (including phenoxy) is 1. The number of carbonyl (C=O) groups is 1. The van der Waals surface area contributed by atoms with Gasteiger partial charge in [0.1, 0.15) is 10.6 Å². The van der Waals surface area contributed by atoms with Crippen LogP contribution in [-0.4, -0.2) is 45.4 Å². The van der Waals surface area contributed by atoms with Crippen molar-refractivity contribution in [3.05, 3.63) is 41.3 Å². The van der Waals surface area contributed by atoms with Crippen LogP contribution in [0.15, 0.2) is 29.2 Å². The molecule has 0 saturated heterocycles. The van der Waals surface area contributed by atoms with Gasteiger partial charge in [-0.2, -0.15) is 0 Å². The van der Waals surface area contributed by atoms with E-state index in [1.165, 1.54) is 13.0 Å². The van der Waals surface area contributed by atoms with E-state index in [4.69, 9.17) is 4.74 Å². The van der Waals surface area contributed by atoms with Crippen molar-refractivity contribution in [1.82, 2.24) is 24.5 Å². The lowest BCUT2D eigenvalue weighted by atomic mass is 9.72. The zero-order valence-electron chi connectivity index (χ0n) is 24.0. The van der Waals surface area contributed by atoms with E-state index in [1.54, 1.807) is 23.6 Å². The van der Waals surface area contributed by atoms with Gasteiger partial charge < -0.3 is 9.84 Å². The van der Waals surface area contributed by atoms with Gasteiger partial charge in [-0.1, -0.05) is 61.5 Å². The number of aromatic nitrogens is 4. The number of carboxylic acid groups (broad SMARTS) is 1. The second kappa shape index (κ2) is 10.00. The van der Waals surface area contributed by atoms with Gasteiger partial charge in [-0.15, -0.1) is 10.2 Å². The van der Waals surface area contributed by atoms with Gasteiger partial charge in [0.05, 0.1) is 6.04 Å². The molecule has 3 rings (SSSR count). The number of hydrogen-bond acceptors (Lipinski definition) is 6. The molecule has 0 spiro atoms. The molecule has 0 saturated carbocycles. The van der Waals surface area contributed by atoms with Crippen LogP contribution in [0, 0.1) is 5.41 Å². The maximum absolute atomic E-state index is 13.8. The molecule has 0 bridgehead atoms. The zero-order valence-corrected chi connectivity index (χ0v) is 24.8. The number of nitrogens with zero attached hydrogens (tertiary/aromatic N) is 3. The maximum Gasteiger partial charge on any atom is 0.344 e. The van der Waals surface area contributed by atoms with Crippen molar-refractivity contribution < 1.29 is 23.1 Å². The molecule has 0 radical (unpaired) electrons. The number of benzene rings is 1. The van der Waals surface area contributed by atoms with Gasteiger partial charge in [-0.3, -0.25) is 5.10 Å². The van der Waals surface area contributed by atoms with Crippen molar-refractivity contribution in [3.8, 4) is 5.75 Å². The van der Waals surface area contributed by atoms with E-state index in [1.807, 2.05) is 6.07 Å². The second-order valence-corrected chi connectivity index (χ2v) is 14.6. The van der Waals surface area contributed by atoms with Crippen LogP contribution in [0.2, 0.25) is 0 Å². The minimum Gasteiger partial charge on any atom is -0.479 e. The molecule has 1 aromatic carbocycles. The van der Waals surface area contributed by atoms with E-state index in [9.17, 15) is 18.3 Å². The molecule has 0 aliphatic carbocycles. The van der Waals surface area contributed by atoms with Crippen molar-refractivity contribution in [1.29, 1.82) is 0 Å². The summed E-state index contributed by atoms with van der Waals surface area (Å²) in [7, 11) is -4.17. The highest BCUT2D eigenvalue weighted by atomic mass is 32.2. The fourth-order valence-corrected chi connectivity index (χ4v) is 6.08. The summed E-state index contributed by atoms with van der Waals surface area (Å²) < 4.78 is 37.5. The molecule has 0 aliphatic rings. The van der Waals surface area contributed by atoms with Crippen LogP contribution in [0.3, 0.4) is 0 Å². The molecule has 3 N–H and O–H groups in total. The maximum atomic E-state index is 13.8. The fourth-order valence-electron chi connectivity index (χ4n) is 4.72. The van der Waals surface area contributed by atoms with E-state index in [-0.39, 0.29) is 26.9 Å². The van der Waals surface area contributed by atoms with Gasteiger partial charge in [0.2, 0.25) is 10.0 Å². The standard InChI is InChI=1S/C27H41N5O5S/c1-16(23-29-28-22-14-21(26(6,7)8)30-32(22)23)31-38(35,36)20-13-18(27(9,10)15-25(3,4)5)11-12-19(20)37-17(2)24(33)34/h11-14,16-17,30-31H,15H2,1-10H3,(H,33,34). The summed E-state index contributed by atoms with van der Waals surface area (Å²) in [6.45, 7) is 19.7. The molecule has 2 heterocycles. The summed E-state index contributed by atoms with van der Waals surface area (Å²) in [5.74, 6) is -0.833. The molecule has 11 heteroatoms. The Bertz CT molecular complexity index is 1420. The van der Waals surface area contributed by atoms with Crippen molar-refractivity contribution in [2.45, 2.75) is 104 Å². The summed E-state index contributed by atoms with van der Waals surface area (Å²) in [6.07, 6.45) is -0.434. The Morgan fingerprint density at radius 3 is 2.26 bits per heavy atom. The number of nitrogens with one attached hydrogen (secondary N) is 2. The third kappa shape index (κ3) is 6.55. The number of H-pyrrole nitrogens is 1. The molecular weight excluding hydrogens is 506 g/mol. The van der Waals surface area contributed by atoms with E-state index >= 15 is 0 Å². The number of sulfonamides is 1. The van der Waals surface area contributed by atoms with Gasteiger partial charge >= 0.3 is 5.97 Å². The highest BCUT2D eigenvalue weighted by Gasteiger charge is 2.32. The summed E-state index contributed by atoms with van der Waals surface area (Å²) in [6, 6.07) is 6.05. The van der Waals surface area contributed by atoms with E-state index < -0.39 is 28.1 Å². The third-order valence-corrected chi connectivity index (χ3v) is 7.95. The van der Waals surface area contributed by atoms with Gasteiger partial charge in [-0.25, -0.2) is 22.4 Å². The molecular formula is C27H41N5O5S. The van der Waals surface area contributed by atoms with Gasteiger partial charge in [0.15, 0.2) is 17.6 Å². The summed E-state index contributed by atoms with van der Waals surface area (Å²) >= 11 is 0. The Hall–Kier alpha value is -2.92. The molecule has 210 valence electrons. The topological polar surface area (TPSA) is 139 Å². The summed E-state index contributed by atoms with van der Waals surface area (Å²) in [4.78, 5) is 11.3. The Labute approximate surface area is 225 Å². The monoisotopic (exact) mass is 547 g/mol. The van der Waals surface area contributed by atoms with E-state index in [0.717, 1.165) is 17.7 Å². The molecule has 0 amide bonds. The fraction of sp³-hybridized carbons (Fsp3) is 0.593. The van der Waals surface area contributed by atoms with Crippen LogP contribution >= 0.6 is 0 Å². The number of fused-ring (bicyclic) bond motifs is 1. The van der Waals surface area contributed by atoms with Crippen LogP contribution < -0.4 is 9.46 Å². The first-order chi connectivity index (χ1) is 17.2. The molecule has 38 heavy (non-hydrogen) atoms. The smallest absolute Gasteiger partial charge is 0.344 e. The summed E-state index contributed by atoms with van der Waals surface area (Å²) in [5.41, 5.74) is 1.82. The lowest BCUT2D eigenvalue weighted by Crippen LogP contribution is -2.31. The Kier molecular flexibility index (Phi) is 7.80. The van der Waals surface area contributed by atoms with Gasteiger partial charge in [0, 0.05) is 17.2 Å². The zero-order chi connectivity index (χ0) is 28.8. The van der Waals surface area contributed by atoms with Crippen LogP contribution in [-0.2, 0) is 25.6 Å². The third-order valence-electron chi connectivity index (χ3n) is 6.38. The van der Waals surface area contributed by atoms with Gasteiger partial charge in [0.25, 0.3) is 0 Å². The Morgan fingerprint density at radius 2 is 1.71 bits per heavy atom. The molecule has 2 unspecified atom stereocenters. The van der Waals surface area contributed by atoms with Crippen LogP contribution in [0.4, 0.5) is 0 Å². The largest absolute Gasteiger partial charge is 0.479 e. The van der Waals surface area contributed by atoms with Crippen LogP contribution in [0.1, 0.15) is 98.8 Å². The van der Waals surface area contributed by atoms with Crippen molar-refractivity contribution in [3.63, 3.8) is 0 Å². The molecule has 2 aromatic heterocycles. The van der Waals surface area contributed by atoms with Crippen molar-refractivity contribution in [2.75, 3.05) is 0 Å². The number of aliphatic carboxylic acids is 1. The molecule has 2 atom stereocenters. The van der Waals surface area contributed by atoms with E-state index in [2.05, 4.69) is 75.4 Å². The Balaban J connectivity index is 2.04. The predicted molar refractivity (Wildman–Crippen MR) is 146 cm³/mol. The lowest BCUT2D eigenvalue weighted by Gasteiger charge is -2.33. The van der Waals surface area contributed by atoms with Crippen molar-refractivity contribution in [2.24, 2.45) is 5.41 Å². The molecule has 10 nitrogen and oxygen atoms in total. The normalized spacial score (nSPS) is 15.0. The minimum absolute atomic E-state index is 0.00327. The first kappa shape index (κ1) is 29.6. The second-order valence-electron chi connectivity index (χ2n) is 12.9. The first-order valence-corrected chi connectivity index (χ1v) is 14.2. The van der Waals surface area contributed by atoms with Gasteiger partial charge in [-0.05, 0) is 48.8 Å². The van der Waals surface area contributed by atoms with Crippen LogP contribution in [0.25, 0.3) is 5.65 Å². The number of aromatic amines is 1. The predicted octanol–water partition coefficient (Wildman–Crippen LogP) is 4.96. The van der Waals surface area contributed by atoms with E-state index in [0.29, 0.717) is 11.5 Å². The summed E-state index contributed by atoms with van der Waals surface area (Å²) in [5, 5.41) is 21.0. The highest BCUT2D eigenvalue weighted by molar-refractivity contribution is 7.89. The molecule has 0 fully saturated rings. The van der Waals surface area contributed by atoms with Crippen molar-refractivity contribution >= 4 is 21.6 Å². The highest BCUT2D eigenvalue weighted by Crippen LogP contribution is 2.39. The molecule has 3 aromatic rings. The molecule has 0 aliphatic heterocycles. The quantitative estimate of drug-likeness (QED) is 0.344. The number of rotatable bonds is 9. The number of carboxylic acids is 1. The lowest BCUT2D eigenvalue weighted by molar-refractivity contribution is -0.144.